The molecule has 0 saturated carbocycles. The summed E-state index contributed by atoms with van der Waals surface area (Å²) in [6.45, 7) is 8.25. The molecule has 11 heteroatoms. The fourth-order valence-electron chi connectivity index (χ4n) is 6.51. The Bertz CT molecular complexity index is 1950. The number of phenols is 1. The minimum absolute atomic E-state index is 0.0111. The van der Waals surface area contributed by atoms with Crippen LogP contribution < -0.4 is 10.7 Å². The summed E-state index contributed by atoms with van der Waals surface area (Å²) in [5.74, 6) is -0.954. The zero-order valence-electron chi connectivity index (χ0n) is 28.2. The highest BCUT2D eigenvalue weighted by Crippen LogP contribution is 2.36. The van der Waals surface area contributed by atoms with E-state index in [1.807, 2.05) is 55.6 Å². The molecule has 0 radical (unpaired) electrons. The SMILES string of the molecule is C[C@@H]1COC(=O)[C@@H]2CCCN(N2)C(=O)C(NC(=O)OC(C)(C)C)Cc2cc(O)cc(c2)-c2ccc3c(-c4ccccc4C#N)cn(c3c2)C1. The number of nitrogens with zero attached hydrogens (tertiary/aromatic N) is 3. The molecule has 2 aliphatic rings. The van der Waals surface area contributed by atoms with Crippen molar-refractivity contribution in [1.29, 1.82) is 5.26 Å². The zero-order chi connectivity index (χ0) is 34.9. The number of benzene rings is 3. The summed E-state index contributed by atoms with van der Waals surface area (Å²) in [5, 5.41) is 25.8. The molecule has 49 heavy (non-hydrogen) atoms. The molecule has 254 valence electrons. The molecule has 2 amide bonds. The summed E-state index contributed by atoms with van der Waals surface area (Å²) >= 11 is 0. The molecular formula is C38H41N5O6. The predicted molar refractivity (Wildman–Crippen MR) is 184 cm³/mol. The molecule has 3 N–H and O–H groups in total. The van der Waals surface area contributed by atoms with Gasteiger partial charge in [-0.3, -0.25) is 14.6 Å². The monoisotopic (exact) mass is 663 g/mol. The standard InChI is InChI=1S/C38H41N5O6/c1-23-20-42-21-31(29-9-6-5-8-26(29)19-39)30-12-11-25(18-34(30)42)27-14-24(15-28(44)17-27)16-33(40-37(47)49-38(2,3)4)35(45)43-13-7-10-32(41-43)36(46)48-22-23/h5-6,8-9,11-12,14-15,17-18,21,23,32-33,41,44H,7,10,13,16,20,22H2,1-4H3,(H,40,47)/t23-,32-,33?/m0/s1. The number of nitrogens with one attached hydrogen (secondary N) is 2. The smallest absolute Gasteiger partial charge is 0.408 e. The summed E-state index contributed by atoms with van der Waals surface area (Å²) in [6, 6.07) is 19.1. The average molecular weight is 664 g/mol. The van der Waals surface area contributed by atoms with E-state index < -0.39 is 35.7 Å². The van der Waals surface area contributed by atoms with E-state index >= 15 is 0 Å². The molecule has 11 nitrogen and oxygen atoms in total. The summed E-state index contributed by atoms with van der Waals surface area (Å²) in [6.07, 6.45) is 2.39. The van der Waals surface area contributed by atoms with Gasteiger partial charge in [-0.05, 0) is 74.6 Å². The maximum absolute atomic E-state index is 14.0. The van der Waals surface area contributed by atoms with E-state index in [0.717, 1.165) is 33.2 Å². The van der Waals surface area contributed by atoms with E-state index in [4.69, 9.17) is 9.47 Å². The lowest BCUT2D eigenvalue weighted by Gasteiger charge is -2.35. The molecule has 3 atom stereocenters. The van der Waals surface area contributed by atoms with Gasteiger partial charge < -0.3 is 24.5 Å². The van der Waals surface area contributed by atoms with Crippen LogP contribution in [0.1, 0.15) is 51.7 Å². The van der Waals surface area contributed by atoms with Crippen molar-refractivity contribution in [2.24, 2.45) is 5.92 Å². The number of hydrogen-bond donors (Lipinski definition) is 3. The van der Waals surface area contributed by atoms with Gasteiger partial charge in [0.2, 0.25) is 0 Å². The predicted octanol–water partition coefficient (Wildman–Crippen LogP) is 5.68. The normalized spacial score (nSPS) is 20.2. The van der Waals surface area contributed by atoms with E-state index in [1.165, 1.54) is 5.01 Å². The second-order valence-corrected chi connectivity index (χ2v) is 13.9. The fraction of sp³-hybridized carbons (Fsp3) is 0.368. The maximum Gasteiger partial charge on any atom is 0.408 e. The van der Waals surface area contributed by atoms with Crippen LogP contribution in [0.25, 0.3) is 33.2 Å². The summed E-state index contributed by atoms with van der Waals surface area (Å²) in [7, 11) is 0. The van der Waals surface area contributed by atoms with E-state index in [9.17, 15) is 24.8 Å². The first kappa shape index (κ1) is 33.6. The van der Waals surface area contributed by atoms with Crippen LogP contribution in [-0.2, 0) is 32.0 Å². The molecule has 6 bridgehead atoms. The average Bonchev–Trinajstić information content (AvgIpc) is 3.42. The van der Waals surface area contributed by atoms with Gasteiger partial charge in [0.15, 0.2) is 0 Å². The Morgan fingerprint density at radius 2 is 1.88 bits per heavy atom. The van der Waals surface area contributed by atoms with Gasteiger partial charge in [0.05, 0.1) is 18.2 Å². The highest BCUT2D eigenvalue weighted by Gasteiger charge is 2.34. The van der Waals surface area contributed by atoms with E-state index in [2.05, 4.69) is 21.4 Å². The number of nitriles is 1. The third kappa shape index (κ3) is 7.55. The van der Waals surface area contributed by atoms with E-state index in [1.54, 1.807) is 39.0 Å². The third-order valence-corrected chi connectivity index (χ3v) is 8.71. The quantitative estimate of drug-likeness (QED) is 0.233. The zero-order valence-corrected chi connectivity index (χ0v) is 28.2. The number of carbonyl (C=O) groups excluding carboxylic acids is 3. The van der Waals surface area contributed by atoms with Gasteiger partial charge in [0.25, 0.3) is 5.91 Å². The minimum Gasteiger partial charge on any atom is -0.508 e. The van der Waals surface area contributed by atoms with Crippen molar-refractivity contribution in [2.45, 2.75) is 71.2 Å². The van der Waals surface area contributed by atoms with Crippen LogP contribution >= 0.6 is 0 Å². The summed E-state index contributed by atoms with van der Waals surface area (Å²) in [4.78, 5) is 40.1. The number of ether oxygens (including phenoxy) is 2. The van der Waals surface area contributed by atoms with E-state index in [0.29, 0.717) is 37.1 Å². The highest BCUT2D eigenvalue weighted by molar-refractivity contribution is 5.99. The number of phenolic OH excluding ortho intramolecular Hbond substituents is 1. The molecule has 3 aromatic carbocycles. The Morgan fingerprint density at radius 3 is 2.65 bits per heavy atom. The first-order chi connectivity index (χ1) is 23.4. The number of rotatable bonds is 2. The second-order valence-electron chi connectivity index (χ2n) is 13.9. The Hall–Kier alpha value is -5.34. The van der Waals surface area contributed by atoms with E-state index in [-0.39, 0.29) is 24.7 Å². The molecule has 1 saturated heterocycles. The fourth-order valence-corrected chi connectivity index (χ4v) is 6.51. The van der Waals surface area contributed by atoms with Crippen LogP contribution in [-0.4, -0.2) is 63.5 Å². The Balaban J connectivity index is 1.46. The van der Waals surface area contributed by atoms with Crippen molar-refractivity contribution >= 4 is 28.9 Å². The first-order valence-electron chi connectivity index (χ1n) is 16.6. The number of aromatic hydroxyl groups is 1. The van der Waals surface area contributed by atoms with Crippen molar-refractivity contribution in [3.05, 3.63) is 78.0 Å². The molecule has 3 heterocycles. The van der Waals surface area contributed by atoms with Gasteiger partial charge in [-0.15, -0.1) is 0 Å². The number of alkyl carbamates (subject to hydrolysis) is 1. The summed E-state index contributed by atoms with van der Waals surface area (Å²) < 4.78 is 13.4. The molecule has 4 aromatic rings. The van der Waals surface area contributed by atoms with Gasteiger partial charge in [-0.25, -0.2) is 10.2 Å². The van der Waals surface area contributed by atoms with Crippen LogP contribution in [0.3, 0.4) is 0 Å². The lowest BCUT2D eigenvalue weighted by atomic mass is 9.96. The summed E-state index contributed by atoms with van der Waals surface area (Å²) in [5.41, 5.74) is 7.62. The largest absolute Gasteiger partial charge is 0.508 e. The van der Waals surface area contributed by atoms with Gasteiger partial charge in [-0.1, -0.05) is 43.3 Å². The Morgan fingerprint density at radius 1 is 1.08 bits per heavy atom. The lowest BCUT2D eigenvalue weighted by molar-refractivity contribution is -0.153. The van der Waals surface area contributed by atoms with Gasteiger partial charge in [-0.2, -0.15) is 5.26 Å². The van der Waals surface area contributed by atoms with Crippen LogP contribution in [0.4, 0.5) is 4.79 Å². The number of hydrazine groups is 1. The molecule has 2 aliphatic heterocycles. The number of esters is 1. The number of fused-ring (bicyclic) bond motifs is 6. The molecule has 6 rings (SSSR count). The number of aromatic nitrogens is 1. The molecule has 1 aromatic heterocycles. The molecule has 1 unspecified atom stereocenters. The number of hydrogen-bond acceptors (Lipinski definition) is 8. The molecule has 0 spiro atoms. The Kier molecular flexibility index (Phi) is 9.35. The lowest BCUT2D eigenvalue weighted by Crippen LogP contribution is -2.60. The Labute approximate surface area is 285 Å². The van der Waals surface area contributed by atoms with Crippen LogP contribution in [0.15, 0.2) is 66.9 Å². The number of amides is 2. The minimum atomic E-state index is -1.06. The highest BCUT2D eigenvalue weighted by atomic mass is 16.6. The molecular weight excluding hydrogens is 622 g/mol. The van der Waals surface area contributed by atoms with Crippen molar-refractivity contribution in [3.8, 4) is 34.1 Å². The number of cyclic esters (lactones) is 1. The van der Waals surface area contributed by atoms with Crippen LogP contribution in [0.2, 0.25) is 0 Å². The van der Waals surface area contributed by atoms with Crippen molar-refractivity contribution in [3.63, 3.8) is 0 Å². The number of carbonyl (C=O) groups is 3. The van der Waals surface area contributed by atoms with Crippen molar-refractivity contribution < 1.29 is 29.0 Å². The van der Waals surface area contributed by atoms with Crippen molar-refractivity contribution in [1.82, 2.24) is 20.3 Å². The first-order valence-corrected chi connectivity index (χ1v) is 16.6. The van der Waals surface area contributed by atoms with Crippen molar-refractivity contribution in [2.75, 3.05) is 13.2 Å². The maximum atomic E-state index is 14.0. The third-order valence-electron chi connectivity index (χ3n) is 8.71. The second kappa shape index (κ2) is 13.6. The van der Waals surface area contributed by atoms with Crippen LogP contribution in [0.5, 0.6) is 5.75 Å². The molecule has 1 fully saturated rings. The van der Waals surface area contributed by atoms with Gasteiger partial charge in [0.1, 0.15) is 23.4 Å². The topological polar surface area (TPSA) is 146 Å². The van der Waals surface area contributed by atoms with Crippen LogP contribution in [0, 0.1) is 17.2 Å². The molecule has 0 aliphatic carbocycles. The van der Waals surface area contributed by atoms with Gasteiger partial charge >= 0.3 is 12.1 Å². The van der Waals surface area contributed by atoms with Gasteiger partial charge in [0, 0.05) is 53.7 Å².